The molecule has 0 aliphatic rings. The summed E-state index contributed by atoms with van der Waals surface area (Å²) in [6, 6.07) is 18.8. The molecule has 0 unspecified atom stereocenters. The SMILES string of the molecule is Cc1cc(-c2ccc(N=Nc3cc(I)c4c(S(=O)(=O)O)ccc(N)c4c3O)c(C)c2)ccc1N=Nc1cc(I)c2c(S(=O)(=O)O)ccc(N)c2c1O. The van der Waals surface area contributed by atoms with Crippen LogP contribution >= 0.6 is 45.2 Å². The van der Waals surface area contributed by atoms with Gasteiger partial charge in [0.25, 0.3) is 20.2 Å². The van der Waals surface area contributed by atoms with E-state index in [2.05, 4.69) is 20.5 Å². The van der Waals surface area contributed by atoms with Crippen LogP contribution in [0.15, 0.2) is 103 Å². The van der Waals surface area contributed by atoms with Crippen LogP contribution in [0.1, 0.15) is 11.1 Å². The van der Waals surface area contributed by atoms with Crippen molar-refractivity contribution in [3.8, 4) is 22.6 Å². The Balaban J connectivity index is 1.28. The van der Waals surface area contributed by atoms with Crippen LogP contribution < -0.4 is 11.5 Å². The summed E-state index contributed by atoms with van der Waals surface area (Å²) in [6.07, 6.45) is 0. The third-order valence-corrected chi connectivity index (χ3v) is 11.7. The van der Waals surface area contributed by atoms with E-state index in [1.165, 1.54) is 36.4 Å². The number of fused-ring (bicyclic) bond motifs is 2. The highest BCUT2D eigenvalue weighted by atomic mass is 127. The van der Waals surface area contributed by atoms with Crippen molar-refractivity contribution in [2.45, 2.75) is 23.6 Å². The summed E-state index contributed by atoms with van der Waals surface area (Å²) in [5, 5.41) is 39.2. The fourth-order valence-corrected chi connectivity index (χ4v) is 9.15. The number of nitrogen functional groups attached to an aromatic ring is 2. The number of phenols is 2. The second-order valence-corrected chi connectivity index (χ2v) is 16.7. The highest BCUT2D eigenvalue weighted by molar-refractivity contribution is 14.1. The van der Waals surface area contributed by atoms with Crippen molar-refractivity contribution in [1.82, 2.24) is 0 Å². The number of phenolic OH excluding ortho intramolecular Hbond substituents is 2. The molecule has 0 aliphatic carbocycles. The summed E-state index contributed by atoms with van der Waals surface area (Å²) < 4.78 is 67.9. The van der Waals surface area contributed by atoms with Gasteiger partial charge in [0.2, 0.25) is 0 Å². The van der Waals surface area contributed by atoms with Gasteiger partial charge in [-0.15, -0.1) is 10.2 Å². The highest BCUT2D eigenvalue weighted by Gasteiger charge is 2.23. The molecule has 0 heterocycles. The number of rotatable bonds is 7. The molecule has 0 radical (unpaired) electrons. The molecule has 0 aliphatic heterocycles. The van der Waals surface area contributed by atoms with Gasteiger partial charge in [-0.25, -0.2) is 0 Å². The van der Waals surface area contributed by atoms with E-state index in [1.807, 2.05) is 83.3 Å². The molecule has 266 valence electrons. The second kappa shape index (κ2) is 13.8. The van der Waals surface area contributed by atoms with Gasteiger partial charge in [-0.3, -0.25) is 9.11 Å². The molecule has 6 aromatic rings. The molecule has 0 saturated heterocycles. The lowest BCUT2D eigenvalue weighted by Gasteiger charge is -2.12. The van der Waals surface area contributed by atoms with Gasteiger partial charge in [0.1, 0.15) is 21.2 Å². The van der Waals surface area contributed by atoms with Gasteiger partial charge in [0, 0.05) is 29.3 Å². The molecule has 18 heteroatoms. The van der Waals surface area contributed by atoms with Crippen molar-refractivity contribution >= 4 is 121 Å². The van der Waals surface area contributed by atoms with Crippen molar-refractivity contribution in [1.29, 1.82) is 0 Å². The first kappa shape index (κ1) is 37.3. The van der Waals surface area contributed by atoms with Crippen molar-refractivity contribution in [3.63, 3.8) is 0 Å². The quantitative estimate of drug-likeness (QED) is 0.0383. The monoisotopic (exact) mass is 964 g/mol. The average Bonchev–Trinajstić information content (AvgIpc) is 3.06. The molecule has 8 N–H and O–H groups in total. The van der Waals surface area contributed by atoms with E-state index >= 15 is 0 Å². The Morgan fingerprint density at radius 1 is 0.519 bits per heavy atom. The Labute approximate surface area is 324 Å². The Morgan fingerprint density at radius 3 is 1.19 bits per heavy atom. The van der Waals surface area contributed by atoms with Crippen LogP contribution in [0.25, 0.3) is 32.7 Å². The summed E-state index contributed by atoms with van der Waals surface area (Å²) >= 11 is 3.76. The summed E-state index contributed by atoms with van der Waals surface area (Å²) in [5.41, 5.74) is 16.7. The minimum absolute atomic E-state index is 0.0316. The van der Waals surface area contributed by atoms with Crippen LogP contribution in [0.3, 0.4) is 0 Å². The van der Waals surface area contributed by atoms with Gasteiger partial charge in [-0.2, -0.15) is 27.1 Å². The molecule has 52 heavy (non-hydrogen) atoms. The minimum atomic E-state index is -4.59. The molecule has 0 fully saturated rings. The predicted octanol–water partition coefficient (Wildman–Crippen LogP) is 9.39. The van der Waals surface area contributed by atoms with Crippen LogP contribution in [0, 0.1) is 21.0 Å². The van der Waals surface area contributed by atoms with Crippen LogP contribution in [0.4, 0.5) is 34.1 Å². The third kappa shape index (κ3) is 7.00. The third-order valence-electron chi connectivity index (χ3n) is 8.18. The Bertz CT molecular complexity index is 2600. The molecule has 0 bridgehead atoms. The molecule has 6 aromatic carbocycles. The Kier molecular flexibility index (Phi) is 9.91. The zero-order valence-electron chi connectivity index (χ0n) is 26.9. The number of nitrogens with two attached hydrogens (primary N) is 2. The maximum absolute atomic E-state index is 11.9. The summed E-state index contributed by atoms with van der Waals surface area (Å²) in [4.78, 5) is -0.775. The van der Waals surface area contributed by atoms with E-state index in [9.17, 15) is 36.2 Å². The standard InChI is InChI=1S/C34H26I2N6O8S2/c1-15-11-17(3-7-23(15)39-41-25-13-19(35)29-27(51(45,46)47)9-5-21(37)31(29)33(25)43)18-4-8-24(16(2)12-18)40-42-26-14-20(36)30-28(52(48,49)50)10-6-22(38)32(30)34(26)44/h3-14,43-44H,37-38H2,1-2H3,(H,45,46,47)(H,48,49,50). The first-order valence-electron chi connectivity index (χ1n) is 14.8. The molecule has 0 aromatic heterocycles. The number of benzene rings is 6. The number of hydrogen-bond donors (Lipinski definition) is 6. The van der Waals surface area contributed by atoms with Crippen LogP contribution in [-0.4, -0.2) is 36.2 Å². The number of nitrogens with zero attached hydrogens (tertiary/aromatic N) is 4. The van der Waals surface area contributed by atoms with Crippen LogP contribution in [-0.2, 0) is 20.2 Å². The number of hydrogen-bond acceptors (Lipinski definition) is 12. The van der Waals surface area contributed by atoms with Crippen molar-refractivity contribution in [2.75, 3.05) is 11.5 Å². The maximum atomic E-state index is 11.9. The topological polar surface area (TPSA) is 251 Å². The Hall–Kier alpha value is -4.48. The van der Waals surface area contributed by atoms with E-state index in [-0.39, 0.29) is 65.6 Å². The average molecular weight is 965 g/mol. The molecule has 14 nitrogen and oxygen atoms in total. The van der Waals surface area contributed by atoms with Gasteiger partial charge in [0.05, 0.1) is 22.1 Å². The summed E-state index contributed by atoms with van der Waals surface area (Å²) in [6.45, 7) is 3.69. The fourth-order valence-electron chi connectivity index (χ4n) is 5.65. The number of anilines is 2. The molecular weight excluding hydrogens is 938 g/mol. The molecule has 0 spiro atoms. The number of halogens is 2. The van der Waals surface area contributed by atoms with Crippen LogP contribution in [0.5, 0.6) is 11.5 Å². The van der Waals surface area contributed by atoms with Gasteiger partial charge >= 0.3 is 0 Å². The van der Waals surface area contributed by atoms with E-state index < -0.39 is 20.2 Å². The predicted molar refractivity (Wildman–Crippen MR) is 215 cm³/mol. The lowest BCUT2D eigenvalue weighted by molar-refractivity contribution is 0.480. The van der Waals surface area contributed by atoms with Gasteiger partial charge < -0.3 is 21.7 Å². The van der Waals surface area contributed by atoms with E-state index in [4.69, 9.17) is 11.5 Å². The molecule has 0 amide bonds. The van der Waals surface area contributed by atoms with Crippen molar-refractivity contribution in [3.05, 3.63) is 91.1 Å². The van der Waals surface area contributed by atoms with E-state index in [0.717, 1.165) is 22.3 Å². The first-order chi connectivity index (χ1) is 24.4. The lowest BCUT2D eigenvalue weighted by atomic mass is 10.0. The van der Waals surface area contributed by atoms with Crippen LogP contribution in [0.2, 0.25) is 0 Å². The molecular formula is C34H26I2N6O8S2. The Morgan fingerprint density at radius 2 is 0.865 bits per heavy atom. The van der Waals surface area contributed by atoms with Crippen molar-refractivity contribution < 1.29 is 36.2 Å². The van der Waals surface area contributed by atoms with E-state index in [0.29, 0.717) is 18.5 Å². The van der Waals surface area contributed by atoms with E-state index in [1.54, 1.807) is 12.1 Å². The lowest BCUT2D eigenvalue weighted by Crippen LogP contribution is -2.02. The van der Waals surface area contributed by atoms with Gasteiger partial charge in [-0.05, 0) is 142 Å². The largest absolute Gasteiger partial charge is 0.505 e. The van der Waals surface area contributed by atoms with Gasteiger partial charge in [-0.1, -0.05) is 12.1 Å². The highest BCUT2D eigenvalue weighted by Crippen LogP contribution is 2.45. The normalized spacial score (nSPS) is 12.5. The summed E-state index contributed by atoms with van der Waals surface area (Å²) in [5.74, 6) is -0.768. The smallest absolute Gasteiger partial charge is 0.295 e. The summed E-state index contributed by atoms with van der Waals surface area (Å²) in [7, 11) is -9.19. The zero-order chi connectivity index (χ0) is 37.9. The van der Waals surface area contributed by atoms with Crippen molar-refractivity contribution in [2.24, 2.45) is 20.5 Å². The number of aromatic hydroxyl groups is 2. The maximum Gasteiger partial charge on any atom is 0.295 e. The first-order valence-corrected chi connectivity index (χ1v) is 19.9. The molecule has 6 rings (SSSR count). The number of aryl methyl sites for hydroxylation is 2. The second-order valence-electron chi connectivity index (χ2n) is 11.6. The zero-order valence-corrected chi connectivity index (χ0v) is 32.8. The fraction of sp³-hybridized carbons (Fsp3) is 0.0588. The molecule has 0 atom stereocenters. The number of azo groups is 2. The molecule has 0 saturated carbocycles. The minimum Gasteiger partial charge on any atom is -0.505 e. The van der Waals surface area contributed by atoms with Gasteiger partial charge in [0.15, 0.2) is 11.5 Å².